The predicted octanol–water partition coefficient (Wildman–Crippen LogP) is 4.14. The van der Waals surface area contributed by atoms with E-state index in [0.717, 1.165) is 25.2 Å². The number of nitrogens with one attached hydrogen (secondary N) is 1. The Morgan fingerprint density at radius 3 is 2.79 bits per heavy atom. The van der Waals surface area contributed by atoms with E-state index >= 15 is 0 Å². The highest BCUT2D eigenvalue weighted by Gasteiger charge is 2.27. The molecule has 0 radical (unpaired) electrons. The summed E-state index contributed by atoms with van der Waals surface area (Å²) in [6.45, 7) is 4.42. The molecule has 1 N–H and O–H groups in total. The molecule has 2 nitrogen and oxygen atoms in total. The Morgan fingerprint density at radius 1 is 1.37 bits per heavy atom. The van der Waals surface area contributed by atoms with Gasteiger partial charge in [-0.05, 0) is 65.2 Å². The standard InChI is InChI=1S/C15H19BrFNO/c1-9-3-6-14(10(2)7-9)18-15(19)12-8-11(17)4-5-13(12)16/h4-5,8-10,14H,3,6-7H2,1-2H3,(H,18,19). The quantitative estimate of drug-likeness (QED) is 0.868. The van der Waals surface area contributed by atoms with E-state index in [1.54, 1.807) is 6.07 Å². The predicted molar refractivity (Wildman–Crippen MR) is 77.5 cm³/mol. The summed E-state index contributed by atoms with van der Waals surface area (Å²) in [5.41, 5.74) is 0.367. The third-order valence-electron chi connectivity index (χ3n) is 3.92. The zero-order valence-electron chi connectivity index (χ0n) is 11.2. The molecular formula is C15H19BrFNO. The van der Waals surface area contributed by atoms with E-state index in [1.807, 2.05) is 0 Å². The third-order valence-corrected chi connectivity index (χ3v) is 4.61. The van der Waals surface area contributed by atoms with Gasteiger partial charge in [-0.2, -0.15) is 0 Å². The first-order valence-corrected chi connectivity index (χ1v) is 7.52. The van der Waals surface area contributed by atoms with Crippen molar-refractivity contribution < 1.29 is 9.18 Å². The Labute approximate surface area is 121 Å². The largest absolute Gasteiger partial charge is 0.349 e. The van der Waals surface area contributed by atoms with Crippen LogP contribution in [-0.4, -0.2) is 11.9 Å². The smallest absolute Gasteiger partial charge is 0.252 e. The Kier molecular flexibility index (Phi) is 4.61. The van der Waals surface area contributed by atoms with Gasteiger partial charge in [0.15, 0.2) is 0 Å². The minimum Gasteiger partial charge on any atom is -0.349 e. The average molecular weight is 328 g/mol. The lowest BCUT2D eigenvalue weighted by molar-refractivity contribution is 0.0898. The van der Waals surface area contributed by atoms with Gasteiger partial charge in [0.2, 0.25) is 0 Å². The van der Waals surface area contributed by atoms with Gasteiger partial charge >= 0.3 is 0 Å². The van der Waals surface area contributed by atoms with E-state index in [0.29, 0.717) is 16.0 Å². The lowest BCUT2D eigenvalue weighted by atomic mass is 9.80. The highest BCUT2D eigenvalue weighted by Crippen LogP contribution is 2.29. The summed E-state index contributed by atoms with van der Waals surface area (Å²) in [4.78, 5) is 12.2. The van der Waals surface area contributed by atoms with Crippen LogP contribution in [0.2, 0.25) is 0 Å². The highest BCUT2D eigenvalue weighted by atomic mass is 79.9. The van der Waals surface area contributed by atoms with Gasteiger partial charge in [-0.1, -0.05) is 13.8 Å². The van der Waals surface area contributed by atoms with E-state index in [2.05, 4.69) is 35.1 Å². The first-order chi connectivity index (χ1) is 8.97. The molecule has 1 saturated carbocycles. The van der Waals surface area contributed by atoms with Crippen LogP contribution >= 0.6 is 15.9 Å². The van der Waals surface area contributed by atoms with Gasteiger partial charge in [0.1, 0.15) is 5.82 Å². The van der Waals surface area contributed by atoms with Gasteiger partial charge in [-0.15, -0.1) is 0 Å². The van der Waals surface area contributed by atoms with Crippen LogP contribution in [0, 0.1) is 17.7 Å². The van der Waals surface area contributed by atoms with Crippen LogP contribution in [0.5, 0.6) is 0 Å². The second-order valence-electron chi connectivity index (χ2n) is 5.60. The number of carbonyl (C=O) groups is 1. The summed E-state index contributed by atoms with van der Waals surface area (Å²) < 4.78 is 13.8. The van der Waals surface area contributed by atoms with Crippen molar-refractivity contribution in [2.24, 2.45) is 11.8 Å². The summed E-state index contributed by atoms with van der Waals surface area (Å²) in [6, 6.07) is 4.37. The molecule has 19 heavy (non-hydrogen) atoms. The number of halogens is 2. The Bertz CT molecular complexity index is 477. The van der Waals surface area contributed by atoms with Crippen molar-refractivity contribution in [1.82, 2.24) is 5.32 Å². The maximum absolute atomic E-state index is 13.2. The maximum atomic E-state index is 13.2. The second kappa shape index (κ2) is 6.04. The fourth-order valence-electron chi connectivity index (χ4n) is 2.80. The molecule has 1 aliphatic rings. The molecule has 2 rings (SSSR count). The maximum Gasteiger partial charge on any atom is 0.252 e. The van der Waals surface area contributed by atoms with Crippen LogP contribution in [0.1, 0.15) is 43.5 Å². The minimum atomic E-state index is -0.390. The molecular weight excluding hydrogens is 309 g/mol. The molecule has 0 aliphatic heterocycles. The molecule has 0 saturated heterocycles. The van der Waals surface area contributed by atoms with E-state index in [4.69, 9.17) is 0 Å². The lowest BCUT2D eigenvalue weighted by Crippen LogP contribution is -2.42. The number of amides is 1. The molecule has 1 fully saturated rings. The molecule has 1 aromatic rings. The summed E-state index contributed by atoms with van der Waals surface area (Å²) in [5, 5.41) is 3.04. The second-order valence-corrected chi connectivity index (χ2v) is 6.45. The number of hydrogen-bond donors (Lipinski definition) is 1. The van der Waals surface area contributed by atoms with Crippen molar-refractivity contribution in [2.75, 3.05) is 0 Å². The molecule has 4 heteroatoms. The van der Waals surface area contributed by atoms with Crippen molar-refractivity contribution in [1.29, 1.82) is 0 Å². The fraction of sp³-hybridized carbons (Fsp3) is 0.533. The van der Waals surface area contributed by atoms with Crippen molar-refractivity contribution >= 4 is 21.8 Å². The molecule has 3 unspecified atom stereocenters. The topological polar surface area (TPSA) is 29.1 Å². The molecule has 104 valence electrons. The molecule has 0 aromatic heterocycles. The summed E-state index contributed by atoms with van der Waals surface area (Å²) in [5.74, 6) is 0.612. The number of benzene rings is 1. The Hall–Kier alpha value is -0.900. The Balaban J connectivity index is 2.06. The molecule has 1 aromatic carbocycles. The first kappa shape index (κ1) is 14.5. The summed E-state index contributed by atoms with van der Waals surface area (Å²) >= 11 is 3.29. The molecule has 1 aliphatic carbocycles. The monoisotopic (exact) mass is 327 g/mol. The van der Waals surface area contributed by atoms with Crippen LogP contribution in [-0.2, 0) is 0 Å². The van der Waals surface area contributed by atoms with Crippen molar-refractivity contribution in [3.05, 3.63) is 34.1 Å². The molecule has 3 atom stereocenters. The van der Waals surface area contributed by atoms with Crippen molar-refractivity contribution in [3.8, 4) is 0 Å². The van der Waals surface area contributed by atoms with Crippen LogP contribution in [0.3, 0.4) is 0 Å². The van der Waals surface area contributed by atoms with Crippen molar-refractivity contribution in [3.63, 3.8) is 0 Å². The summed E-state index contributed by atoms with van der Waals surface area (Å²) in [7, 11) is 0. The van der Waals surface area contributed by atoms with Gasteiger partial charge < -0.3 is 5.32 Å². The summed E-state index contributed by atoms with van der Waals surface area (Å²) in [6.07, 6.45) is 3.27. The first-order valence-electron chi connectivity index (χ1n) is 6.73. The lowest BCUT2D eigenvalue weighted by Gasteiger charge is -2.33. The number of hydrogen-bond acceptors (Lipinski definition) is 1. The van der Waals surface area contributed by atoms with Crippen LogP contribution in [0.4, 0.5) is 4.39 Å². The molecule has 0 spiro atoms. The van der Waals surface area contributed by atoms with E-state index in [9.17, 15) is 9.18 Å². The highest BCUT2D eigenvalue weighted by molar-refractivity contribution is 9.10. The molecule has 1 amide bonds. The SMILES string of the molecule is CC1CCC(NC(=O)c2cc(F)ccc2Br)C(C)C1. The minimum absolute atomic E-state index is 0.193. The van der Waals surface area contributed by atoms with Gasteiger partial charge in [-0.3, -0.25) is 4.79 Å². The van der Waals surface area contributed by atoms with E-state index in [1.165, 1.54) is 12.1 Å². The van der Waals surface area contributed by atoms with E-state index < -0.39 is 5.82 Å². The van der Waals surface area contributed by atoms with Gasteiger partial charge in [-0.25, -0.2) is 4.39 Å². The molecule has 0 bridgehead atoms. The van der Waals surface area contributed by atoms with Gasteiger partial charge in [0.25, 0.3) is 5.91 Å². The average Bonchev–Trinajstić information content (AvgIpc) is 2.35. The number of rotatable bonds is 2. The zero-order chi connectivity index (χ0) is 14.0. The Morgan fingerprint density at radius 2 is 2.11 bits per heavy atom. The third kappa shape index (κ3) is 3.56. The van der Waals surface area contributed by atoms with Crippen LogP contribution in [0.15, 0.2) is 22.7 Å². The molecule has 0 heterocycles. The normalized spacial score (nSPS) is 27.1. The van der Waals surface area contributed by atoms with Gasteiger partial charge in [0.05, 0.1) is 5.56 Å². The fourth-order valence-corrected chi connectivity index (χ4v) is 3.22. The van der Waals surface area contributed by atoms with Crippen molar-refractivity contribution in [2.45, 2.75) is 39.2 Å². The zero-order valence-corrected chi connectivity index (χ0v) is 12.8. The number of carbonyl (C=O) groups excluding carboxylic acids is 1. The van der Waals surface area contributed by atoms with Gasteiger partial charge in [0, 0.05) is 10.5 Å². The van der Waals surface area contributed by atoms with E-state index in [-0.39, 0.29) is 11.9 Å². The van der Waals surface area contributed by atoms with Crippen LogP contribution in [0.25, 0.3) is 0 Å². The van der Waals surface area contributed by atoms with Crippen LogP contribution < -0.4 is 5.32 Å².